The summed E-state index contributed by atoms with van der Waals surface area (Å²) in [5.41, 5.74) is 5.57. The molecule has 0 aromatic heterocycles. The van der Waals surface area contributed by atoms with Gasteiger partial charge in [0.15, 0.2) is 0 Å². The second kappa shape index (κ2) is 6.50. The van der Waals surface area contributed by atoms with Crippen molar-refractivity contribution in [3.63, 3.8) is 0 Å². The fraction of sp³-hybridized carbons (Fsp3) is 0.923. The molecule has 1 saturated heterocycles. The van der Waals surface area contributed by atoms with Gasteiger partial charge in [0.05, 0.1) is 5.92 Å². The number of rotatable bonds is 6. The monoisotopic (exact) mass is 255 g/mol. The minimum Gasteiger partial charge on any atom is -0.481 e. The van der Waals surface area contributed by atoms with Gasteiger partial charge in [0.25, 0.3) is 0 Å². The Hall–Kier alpha value is -0.650. The molecule has 18 heavy (non-hydrogen) atoms. The van der Waals surface area contributed by atoms with Crippen molar-refractivity contribution in [2.24, 2.45) is 17.6 Å². The van der Waals surface area contributed by atoms with Crippen molar-refractivity contribution in [1.82, 2.24) is 10.2 Å². The first-order valence-electron chi connectivity index (χ1n) is 7.07. The molecule has 0 amide bonds. The zero-order chi connectivity index (χ0) is 13.0. The van der Waals surface area contributed by atoms with E-state index in [0.717, 1.165) is 32.0 Å². The number of hydrogen-bond acceptors (Lipinski definition) is 4. The third-order valence-electron chi connectivity index (χ3n) is 4.24. The summed E-state index contributed by atoms with van der Waals surface area (Å²) in [5.74, 6) is -0.102. The summed E-state index contributed by atoms with van der Waals surface area (Å²) in [4.78, 5) is 13.4. The molecule has 1 saturated carbocycles. The van der Waals surface area contributed by atoms with E-state index in [9.17, 15) is 9.90 Å². The molecule has 0 radical (unpaired) electrons. The van der Waals surface area contributed by atoms with E-state index in [1.54, 1.807) is 0 Å². The van der Waals surface area contributed by atoms with E-state index in [1.165, 1.54) is 19.3 Å². The quantitative estimate of drug-likeness (QED) is 0.628. The summed E-state index contributed by atoms with van der Waals surface area (Å²) in [6, 6.07) is 0.312. The molecule has 0 spiro atoms. The van der Waals surface area contributed by atoms with Gasteiger partial charge in [0.1, 0.15) is 0 Å². The van der Waals surface area contributed by atoms with Crippen molar-refractivity contribution in [3.8, 4) is 0 Å². The highest BCUT2D eigenvalue weighted by molar-refractivity contribution is 5.70. The highest BCUT2D eigenvalue weighted by Crippen LogP contribution is 2.26. The van der Waals surface area contributed by atoms with E-state index in [2.05, 4.69) is 10.2 Å². The SMILES string of the molecule is NCCN1CC(NCC2CCC2)CC(C(=O)O)C1. The summed E-state index contributed by atoms with van der Waals surface area (Å²) < 4.78 is 0. The van der Waals surface area contributed by atoms with Crippen molar-refractivity contribution >= 4 is 5.97 Å². The van der Waals surface area contributed by atoms with Crippen LogP contribution in [0.5, 0.6) is 0 Å². The lowest BCUT2D eigenvalue weighted by atomic mass is 9.85. The maximum Gasteiger partial charge on any atom is 0.307 e. The molecular formula is C13H25N3O2. The predicted molar refractivity (Wildman–Crippen MR) is 70.4 cm³/mol. The van der Waals surface area contributed by atoms with Gasteiger partial charge in [-0.25, -0.2) is 0 Å². The number of aliphatic carboxylic acids is 1. The van der Waals surface area contributed by atoms with Crippen LogP contribution in [0.2, 0.25) is 0 Å². The number of carbonyl (C=O) groups is 1. The van der Waals surface area contributed by atoms with Crippen LogP contribution >= 0.6 is 0 Å². The molecule has 0 aromatic carbocycles. The molecule has 2 atom stereocenters. The molecule has 0 aromatic rings. The topological polar surface area (TPSA) is 78.6 Å². The minimum absolute atomic E-state index is 0.246. The van der Waals surface area contributed by atoms with Gasteiger partial charge in [0, 0.05) is 32.2 Å². The van der Waals surface area contributed by atoms with Crippen LogP contribution in [-0.2, 0) is 4.79 Å². The molecule has 1 heterocycles. The van der Waals surface area contributed by atoms with Crippen LogP contribution in [0, 0.1) is 11.8 Å². The molecule has 1 aliphatic carbocycles. The number of nitrogens with one attached hydrogen (secondary N) is 1. The molecule has 2 aliphatic rings. The van der Waals surface area contributed by atoms with Crippen LogP contribution in [-0.4, -0.2) is 54.7 Å². The van der Waals surface area contributed by atoms with Gasteiger partial charge in [-0.15, -0.1) is 0 Å². The maximum atomic E-state index is 11.2. The number of piperidine rings is 1. The van der Waals surface area contributed by atoms with Crippen molar-refractivity contribution in [3.05, 3.63) is 0 Å². The summed E-state index contributed by atoms with van der Waals surface area (Å²) >= 11 is 0. The van der Waals surface area contributed by atoms with Gasteiger partial charge in [-0.3, -0.25) is 9.69 Å². The fourth-order valence-electron chi connectivity index (χ4n) is 2.91. The Morgan fingerprint density at radius 3 is 2.72 bits per heavy atom. The lowest BCUT2D eigenvalue weighted by Crippen LogP contribution is -2.52. The first-order chi connectivity index (χ1) is 8.69. The Bertz CT molecular complexity index is 281. The zero-order valence-electron chi connectivity index (χ0n) is 11.0. The van der Waals surface area contributed by atoms with Gasteiger partial charge >= 0.3 is 5.97 Å². The largest absolute Gasteiger partial charge is 0.481 e. The highest BCUT2D eigenvalue weighted by Gasteiger charge is 2.31. The summed E-state index contributed by atoms with van der Waals surface area (Å²) in [5, 5.41) is 12.7. The van der Waals surface area contributed by atoms with Crippen LogP contribution in [0.3, 0.4) is 0 Å². The van der Waals surface area contributed by atoms with Crippen molar-refractivity contribution in [1.29, 1.82) is 0 Å². The molecule has 5 nitrogen and oxygen atoms in total. The van der Waals surface area contributed by atoms with Gasteiger partial charge in [0.2, 0.25) is 0 Å². The first-order valence-corrected chi connectivity index (χ1v) is 7.07. The standard InChI is InChI=1S/C13H25N3O2/c14-4-5-16-8-11(13(17)18)6-12(9-16)15-7-10-2-1-3-10/h10-12,15H,1-9,14H2,(H,17,18). The van der Waals surface area contributed by atoms with E-state index in [1.807, 2.05) is 0 Å². The molecule has 2 fully saturated rings. The number of nitrogens with two attached hydrogens (primary N) is 1. The van der Waals surface area contributed by atoms with E-state index < -0.39 is 5.97 Å². The predicted octanol–water partition coefficient (Wildman–Crippen LogP) is 0.110. The van der Waals surface area contributed by atoms with Gasteiger partial charge in [-0.05, 0) is 31.7 Å². The average Bonchev–Trinajstić information content (AvgIpc) is 2.27. The molecule has 5 heteroatoms. The summed E-state index contributed by atoms with van der Waals surface area (Å²) in [7, 11) is 0. The molecule has 2 unspecified atom stereocenters. The number of likely N-dealkylation sites (tertiary alicyclic amines) is 1. The fourth-order valence-corrected chi connectivity index (χ4v) is 2.91. The zero-order valence-corrected chi connectivity index (χ0v) is 11.0. The molecule has 2 rings (SSSR count). The Balaban J connectivity index is 1.81. The lowest BCUT2D eigenvalue weighted by Gasteiger charge is -2.37. The van der Waals surface area contributed by atoms with E-state index in [0.29, 0.717) is 19.1 Å². The first kappa shape index (κ1) is 13.8. The maximum absolute atomic E-state index is 11.2. The number of carboxylic acid groups (broad SMARTS) is 1. The van der Waals surface area contributed by atoms with Crippen molar-refractivity contribution < 1.29 is 9.90 Å². The van der Waals surface area contributed by atoms with E-state index >= 15 is 0 Å². The Morgan fingerprint density at radius 1 is 1.39 bits per heavy atom. The number of carboxylic acids is 1. The average molecular weight is 255 g/mol. The van der Waals surface area contributed by atoms with Crippen LogP contribution < -0.4 is 11.1 Å². The molecular weight excluding hydrogens is 230 g/mol. The molecule has 104 valence electrons. The van der Waals surface area contributed by atoms with E-state index in [-0.39, 0.29) is 5.92 Å². The van der Waals surface area contributed by atoms with Gasteiger partial charge in [-0.1, -0.05) is 6.42 Å². The summed E-state index contributed by atoms with van der Waals surface area (Å²) in [6.07, 6.45) is 4.76. The van der Waals surface area contributed by atoms with Crippen molar-refractivity contribution in [2.45, 2.75) is 31.7 Å². The Labute approximate surface area is 109 Å². The third-order valence-corrected chi connectivity index (χ3v) is 4.24. The van der Waals surface area contributed by atoms with Gasteiger partial charge in [-0.2, -0.15) is 0 Å². The third kappa shape index (κ3) is 3.67. The Kier molecular flexibility index (Phi) is 4.97. The second-order valence-electron chi connectivity index (χ2n) is 5.72. The van der Waals surface area contributed by atoms with Crippen LogP contribution in [0.1, 0.15) is 25.7 Å². The minimum atomic E-state index is -0.674. The molecule has 4 N–H and O–H groups in total. The normalized spacial score (nSPS) is 30.1. The van der Waals surface area contributed by atoms with Crippen LogP contribution in [0.4, 0.5) is 0 Å². The van der Waals surface area contributed by atoms with E-state index in [4.69, 9.17) is 5.73 Å². The molecule has 0 bridgehead atoms. The van der Waals surface area contributed by atoms with Crippen LogP contribution in [0.25, 0.3) is 0 Å². The lowest BCUT2D eigenvalue weighted by molar-refractivity contribution is -0.144. The number of nitrogens with zero attached hydrogens (tertiary/aromatic N) is 1. The van der Waals surface area contributed by atoms with Gasteiger partial charge < -0.3 is 16.2 Å². The smallest absolute Gasteiger partial charge is 0.307 e. The van der Waals surface area contributed by atoms with Crippen LogP contribution in [0.15, 0.2) is 0 Å². The second-order valence-corrected chi connectivity index (χ2v) is 5.72. The number of hydrogen-bond donors (Lipinski definition) is 3. The Morgan fingerprint density at radius 2 is 2.17 bits per heavy atom. The highest BCUT2D eigenvalue weighted by atomic mass is 16.4. The van der Waals surface area contributed by atoms with Crippen molar-refractivity contribution in [2.75, 3.05) is 32.7 Å². The summed E-state index contributed by atoms with van der Waals surface area (Å²) in [6.45, 7) is 4.03. The molecule has 1 aliphatic heterocycles.